The van der Waals surface area contributed by atoms with E-state index in [0.29, 0.717) is 5.82 Å². The first-order chi connectivity index (χ1) is 10.7. The van der Waals surface area contributed by atoms with Gasteiger partial charge >= 0.3 is 0 Å². The first-order valence-electron chi connectivity index (χ1n) is 7.75. The summed E-state index contributed by atoms with van der Waals surface area (Å²) in [6.45, 7) is 0.774. The molecule has 1 aliphatic rings. The number of aryl methyl sites for hydroxylation is 1. The summed E-state index contributed by atoms with van der Waals surface area (Å²) in [5.74, 6) is 1.38. The lowest BCUT2D eigenvalue weighted by molar-refractivity contribution is -0.384. The zero-order chi connectivity index (χ0) is 15.4. The second-order valence-electron chi connectivity index (χ2n) is 5.81. The summed E-state index contributed by atoms with van der Waals surface area (Å²) in [7, 11) is 0. The molecule has 0 amide bonds. The lowest BCUT2D eigenvalue weighted by atomic mass is 10.0. The average molecular weight is 301 g/mol. The Morgan fingerprint density at radius 1 is 1.23 bits per heavy atom. The van der Waals surface area contributed by atoms with Crippen molar-refractivity contribution in [2.75, 3.05) is 0 Å². The maximum Gasteiger partial charge on any atom is 0.269 e. The Balaban J connectivity index is 1.57. The molecule has 0 unspecified atom stereocenters. The van der Waals surface area contributed by atoms with Crippen LogP contribution in [-0.4, -0.2) is 25.1 Å². The molecule has 1 fully saturated rings. The lowest BCUT2D eigenvalue weighted by Gasteiger charge is -2.06. The van der Waals surface area contributed by atoms with Gasteiger partial charge in [0.15, 0.2) is 0 Å². The Hall–Kier alpha value is -2.31. The van der Waals surface area contributed by atoms with E-state index in [1.807, 2.05) is 0 Å². The summed E-state index contributed by atoms with van der Waals surface area (Å²) in [5, 5.41) is 23.1. The minimum Gasteiger partial charge on any atom is -0.258 e. The van der Waals surface area contributed by atoms with Crippen LogP contribution in [0.5, 0.6) is 0 Å². The highest BCUT2D eigenvalue weighted by atomic mass is 16.6. The number of benzene rings is 1. The number of rotatable bonds is 6. The van der Waals surface area contributed by atoms with E-state index in [2.05, 4.69) is 15.4 Å². The van der Waals surface area contributed by atoms with Crippen molar-refractivity contribution in [2.24, 2.45) is 5.92 Å². The Morgan fingerprint density at radius 3 is 2.64 bits per heavy atom. The van der Waals surface area contributed by atoms with Crippen molar-refractivity contribution in [3.8, 4) is 11.4 Å². The molecule has 1 saturated carbocycles. The molecular weight excluding hydrogens is 282 g/mol. The molecule has 1 aliphatic carbocycles. The molecule has 0 atom stereocenters. The highest BCUT2D eigenvalue weighted by Crippen LogP contribution is 2.28. The van der Waals surface area contributed by atoms with Gasteiger partial charge in [0.25, 0.3) is 5.69 Å². The standard InChI is InChI=1S/C15H19N5O2/c21-20(22)14-9-7-13(8-10-14)15-16-18-19(17-15)11-3-6-12-4-1-2-5-12/h7-10,12H,1-6,11H2. The lowest BCUT2D eigenvalue weighted by Crippen LogP contribution is -2.04. The van der Waals surface area contributed by atoms with Crippen molar-refractivity contribution in [3.05, 3.63) is 34.4 Å². The second-order valence-corrected chi connectivity index (χ2v) is 5.81. The van der Waals surface area contributed by atoms with Gasteiger partial charge in [-0.3, -0.25) is 10.1 Å². The number of hydrogen-bond acceptors (Lipinski definition) is 5. The predicted molar refractivity (Wildman–Crippen MR) is 81.1 cm³/mol. The van der Waals surface area contributed by atoms with E-state index in [9.17, 15) is 10.1 Å². The fraction of sp³-hybridized carbons (Fsp3) is 0.533. The van der Waals surface area contributed by atoms with Crippen molar-refractivity contribution < 1.29 is 4.92 Å². The average Bonchev–Trinajstić information content (AvgIpc) is 3.19. The molecule has 116 valence electrons. The van der Waals surface area contributed by atoms with E-state index >= 15 is 0 Å². The predicted octanol–water partition coefficient (Wildman–Crippen LogP) is 3.22. The van der Waals surface area contributed by atoms with Crippen molar-refractivity contribution in [1.82, 2.24) is 20.2 Å². The monoisotopic (exact) mass is 301 g/mol. The molecule has 22 heavy (non-hydrogen) atoms. The molecule has 2 aromatic rings. The largest absolute Gasteiger partial charge is 0.269 e. The summed E-state index contributed by atoms with van der Waals surface area (Å²) in [6.07, 6.45) is 7.76. The third-order valence-electron chi connectivity index (χ3n) is 4.23. The van der Waals surface area contributed by atoms with Crippen LogP contribution in [0.4, 0.5) is 5.69 Å². The van der Waals surface area contributed by atoms with Gasteiger partial charge < -0.3 is 0 Å². The van der Waals surface area contributed by atoms with Crippen molar-refractivity contribution in [1.29, 1.82) is 0 Å². The third-order valence-corrected chi connectivity index (χ3v) is 4.23. The Bertz CT molecular complexity index is 632. The molecule has 0 radical (unpaired) electrons. The van der Waals surface area contributed by atoms with Crippen LogP contribution in [0.15, 0.2) is 24.3 Å². The Kier molecular flexibility index (Phi) is 4.41. The molecule has 1 heterocycles. The van der Waals surface area contributed by atoms with Gasteiger partial charge in [-0.2, -0.15) is 4.80 Å². The van der Waals surface area contributed by atoms with Gasteiger partial charge in [-0.15, -0.1) is 10.2 Å². The van der Waals surface area contributed by atoms with E-state index < -0.39 is 4.92 Å². The van der Waals surface area contributed by atoms with Crippen molar-refractivity contribution >= 4 is 5.69 Å². The minimum atomic E-state index is -0.420. The van der Waals surface area contributed by atoms with Crippen molar-refractivity contribution in [2.45, 2.75) is 45.1 Å². The summed E-state index contributed by atoms with van der Waals surface area (Å²) in [5.41, 5.74) is 0.806. The molecule has 0 N–H and O–H groups in total. The highest BCUT2D eigenvalue weighted by molar-refractivity contribution is 5.56. The van der Waals surface area contributed by atoms with Crippen LogP contribution in [-0.2, 0) is 6.54 Å². The highest BCUT2D eigenvalue weighted by Gasteiger charge is 2.15. The number of non-ortho nitro benzene ring substituents is 1. The topological polar surface area (TPSA) is 86.7 Å². The maximum atomic E-state index is 10.6. The number of aromatic nitrogens is 4. The smallest absolute Gasteiger partial charge is 0.258 e. The zero-order valence-corrected chi connectivity index (χ0v) is 12.4. The van der Waals surface area contributed by atoms with Crippen LogP contribution >= 0.6 is 0 Å². The van der Waals surface area contributed by atoms with E-state index in [0.717, 1.165) is 24.4 Å². The summed E-state index contributed by atoms with van der Waals surface area (Å²) < 4.78 is 0. The molecule has 0 bridgehead atoms. The van der Waals surface area contributed by atoms with Gasteiger partial charge in [0.1, 0.15) is 0 Å². The first kappa shape index (κ1) is 14.6. The normalized spacial score (nSPS) is 15.3. The van der Waals surface area contributed by atoms with Crippen LogP contribution in [0.3, 0.4) is 0 Å². The van der Waals surface area contributed by atoms with Crippen LogP contribution in [0.2, 0.25) is 0 Å². The molecule has 1 aromatic carbocycles. The number of hydrogen-bond donors (Lipinski definition) is 0. The van der Waals surface area contributed by atoms with Gasteiger partial charge in [0.05, 0.1) is 11.5 Å². The van der Waals surface area contributed by atoms with Gasteiger partial charge in [0.2, 0.25) is 5.82 Å². The van der Waals surface area contributed by atoms with E-state index in [4.69, 9.17) is 0 Å². The van der Waals surface area contributed by atoms with E-state index in [-0.39, 0.29) is 5.69 Å². The summed E-state index contributed by atoms with van der Waals surface area (Å²) in [6, 6.07) is 6.21. The zero-order valence-electron chi connectivity index (χ0n) is 12.4. The fourth-order valence-corrected chi connectivity index (χ4v) is 3.01. The molecule has 0 aliphatic heterocycles. The van der Waals surface area contributed by atoms with Gasteiger partial charge in [-0.05, 0) is 36.1 Å². The van der Waals surface area contributed by atoms with E-state index in [1.54, 1.807) is 16.9 Å². The molecule has 7 nitrogen and oxygen atoms in total. The number of nitro benzene ring substituents is 1. The van der Waals surface area contributed by atoms with Crippen LogP contribution in [0.1, 0.15) is 38.5 Å². The number of tetrazole rings is 1. The molecule has 7 heteroatoms. The van der Waals surface area contributed by atoms with Crippen LogP contribution in [0.25, 0.3) is 11.4 Å². The summed E-state index contributed by atoms with van der Waals surface area (Å²) >= 11 is 0. The number of nitro groups is 1. The van der Waals surface area contributed by atoms with Gasteiger partial charge in [-0.25, -0.2) is 0 Å². The van der Waals surface area contributed by atoms with Gasteiger partial charge in [-0.1, -0.05) is 25.7 Å². The molecule has 0 saturated heterocycles. The first-order valence-corrected chi connectivity index (χ1v) is 7.75. The van der Waals surface area contributed by atoms with Crippen LogP contribution in [0, 0.1) is 16.0 Å². The fourth-order valence-electron chi connectivity index (χ4n) is 3.01. The Labute approximate surface area is 128 Å². The number of nitrogens with zero attached hydrogens (tertiary/aromatic N) is 5. The molecule has 0 spiro atoms. The van der Waals surface area contributed by atoms with Crippen LogP contribution < -0.4 is 0 Å². The molecule has 3 rings (SSSR count). The minimum absolute atomic E-state index is 0.0627. The van der Waals surface area contributed by atoms with Gasteiger partial charge in [0, 0.05) is 17.7 Å². The summed E-state index contributed by atoms with van der Waals surface area (Å²) in [4.78, 5) is 11.8. The second kappa shape index (κ2) is 6.64. The molecular formula is C15H19N5O2. The third kappa shape index (κ3) is 3.47. The molecule has 1 aromatic heterocycles. The Morgan fingerprint density at radius 2 is 1.95 bits per heavy atom. The maximum absolute atomic E-state index is 10.6. The van der Waals surface area contributed by atoms with E-state index in [1.165, 1.54) is 44.2 Å². The van der Waals surface area contributed by atoms with Crippen molar-refractivity contribution in [3.63, 3.8) is 0 Å². The quantitative estimate of drug-likeness (QED) is 0.604. The SMILES string of the molecule is O=[N+]([O-])c1ccc(-c2nnn(CCCC3CCCC3)n2)cc1.